The quantitative estimate of drug-likeness (QED) is 0.551. The van der Waals surface area contributed by atoms with E-state index in [1.54, 1.807) is 0 Å². The predicted molar refractivity (Wildman–Crippen MR) is 47.4 cm³/mol. The van der Waals surface area contributed by atoms with Crippen molar-refractivity contribution in [1.82, 2.24) is 0 Å². The molecule has 0 amide bonds. The van der Waals surface area contributed by atoms with E-state index in [4.69, 9.17) is 0 Å². The summed E-state index contributed by atoms with van der Waals surface area (Å²) in [7, 11) is 0. The molecule has 0 fully saturated rings. The number of rotatable bonds is 5. The van der Waals surface area contributed by atoms with Crippen LogP contribution in [0.3, 0.4) is 0 Å². The van der Waals surface area contributed by atoms with E-state index in [0.29, 0.717) is 0 Å². The fraction of sp³-hybridized carbons (Fsp3) is 1.00. The molecule has 152 valence electrons. The van der Waals surface area contributed by atoms with E-state index in [1.165, 1.54) is 0 Å². The minimum atomic E-state index is -8.31. The molecular formula is C9H5F15O. The van der Waals surface area contributed by atoms with Crippen molar-refractivity contribution in [3.63, 3.8) is 0 Å². The van der Waals surface area contributed by atoms with Crippen LogP contribution < -0.4 is 0 Å². The highest BCUT2D eigenvalue weighted by atomic mass is 19.4. The molecule has 0 saturated heterocycles. The van der Waals surface area contributed by atoms with Crippen molar-refractivity contribution < 1.29 is 70.6 Å². The Morgan fingerprint density at radius 2 is 0.880 bits per heavy atom. The molecular weight excluding hydrogens is 409 g/mol. The second kappa shape index (κ2) is 5.97. The van der Waals surface area contributed by atoms with E-state index < -0.39 is 48.5 Å². The smallest absolute Gasteiger partial charge is 0.336 e. The largest absolute Gasteiger partial charge is 0.460 e. The first kappa shape index (κ1) is 23.9. The number of ether oxygens (including phenoxy) is 1. The Bertz CT molecular complexity index is 473. The number of alkyl halides is 15. The molecule has 2 unspecified atom stereocenters. The van der Waals surface area contributed by atoms with E-state index in [1.807, 2.05) is 0 Å². The van der Waals surface area contributed by atoms with E-state index >= 15 is 0 Å². The second-order valence-corrected chi connectivity index (χ2v) is 4.33. The molecule has 0 heterocycles. The normalized spacial score (nSPS) is 20.2. The Balaban J connectivity index is 7.03. The van der Waals surface area contributed by atoms with Gasteiger partial charge in [0, 0.05) is 6.61 Å². The first-order valence-corrected chi connectivity index (χ1v) is 5.53. The van der Waals surface area contributed by atoms with Crippen LogP contribution in [0.4, 0.5) is 65.9 Å². The molecule has 0 aliphatic carbocycles. The van der Waals surface area contributed by atoms with Gasteiger partial charge < -0.3 is 4.74 Å². The van der Waals surface area contributed by atoms with Crippen LogP contribution in [0.2, 0.25) is 0 Å². The van der Waals surface area contributed by atoms with Crippen molar-refractivity contribution in [2.24, 2.45) is 0 Å². The van der Waals surface area contributed by atoms with Crippen LogP contribution in [0.1, 0.15) is 6.92 Å². The van der Waals surface area contributed by atoms with Crippen molar-refractivity contribution in [2.45, 2.75) is 48.8 Å². The van der Waals surface area contributed by atoms with Crippen molar-refractivity contribution in [3.05, 3.63) is 0 Å². The summed E-state index contributed by atoms with van der Waals surface area (Å²) >= 11 is 0. The molecule has 0 radical (unpaired) electrons. The van der Waals surface area contributed by atoms with Crippen LogP contribution in [0, 0.1) is 0 Å². The number of hydrogen-bond donors (Lipinski definition) is 0. The fourth-order valence-corrected chi connectivity index (χ4v) is 1.53. The third-order valence-corrected chi connectivity index (χ3v) is 2.72. The van der Waals surface area contributed by atoms with E-state index in [2.05, 4.69) is 4.74 Å². The minimum Gasteiger partial charge on any atom is -0.336 e. The Kier molecular flexibility index (Phi) is 5.71. The maximum Gasteiger partial charge on any atom is 0.460 e. The van der Waals surface area contributed by atoms with Gasteiger partial charge in [-0.15, -0.1) is 0 Å². The van der Waals surface area contributed by atoms with Gasteiger partial charge in [-0.1, -0.05) is 0 Å². The lowest BCUT2D eigenvalue weighted by Gasteiger charge is -2.45. The third-order valence-electron chi connectivity index (χ3n) is 2.72. The van der Waals surface area contributed by atoms with Gasteiger partial charge in [-0.25, -0.2) is 4.39 Å². The van der Waals surface area contributed by atoms with Crippen molar-refractivity contribution in [3.8, 4) is 0 Å². The minimum absolute atomic E-state index is 0.205. The molecule has 0 N–H and O–H groups in total. The summed E-state index contributed by atoms with van der Waals surface area (Å²) in [6, 6.07) is 0. The van der Waals surface area contributed by atoms with Crippen LogP contribution in [0.5, 0.6) is 0 Å². The highest BCUT2D eigenvalue weighted by Crippen LogP contribution is 2.64. The van der Waals surface area contributed by atoms with Crippen molar-refractivity contribution in [2.75, 3.05) is 6.61 Å². The maximum absolute atomic E-state index is 13.8. The molecule has 0 aromatic heterocycles. The van der Waals surface area contributed by atoms with Gasteiger partial charge in [0.05, 0.1) is 0 Å². The molecule has 1 nitrogen and oxygen atoms in total. The molecule has 25 heavy (non-hydrogen) atoms. The van der Waals surface area contributed by atoms with E-state index in [9.17, 15) is 65.9 Å². The lowest BCUT2D eigenvalue weighted by molar-refractivity contribution is -0.486. The van der Waals surface area contributed by atoms with Crippen LogP contribution in [-0.4, -0.2) is 48.5 Å². The van der Waals surface area contributed by atoms with Gasteiger partial charge in [0.1, 0.15) is 0 Å². The van der Waals surface area contributed by atoms with Gasteiger partial charge in [-0.3, -0.25) is 0 Å². The maximum atomic E-state index is 13.8. The molecule has 0 aromatic rings. The van der Waals surface area contributed by atoms with Crippen molar-refractivity contribution in [1.29, 1.82) is 0 Å². The van der Waals surface area contributed by atoms with Crippen molar-refractivity contribution >= 4 is 0 Å². The highest BCUT2D eigenvalue weighted by molar-refractivity contribution is 5.17. The summed E-state index contributed by atoms with van der Waals surface area (Å²) in [5.74, 6) is -23.6. The zero-order valence-electron chi connectivity index (χ0n) is 11.3. The Morgan fingerprint density at radius 3 is 1.08 bits per heavy atom. The van der Waals surface area contributed by atoms with Crippen LogP contribution >= 0.6 is 0 Å². The molecule has 0 spiro atoms. The lowest BCUT2D eigenvalue weighted by Crippen LogP contribution is -2.78. The molecule has 0 saturated carbocycles. The summed E-state index contributed by atoms with van der Waals surface area (Å²) < 4.78 is 192. The molecule has 0 aliphatic heterocycles. The average Bonchev–Trinajstić information content (AvgIpc) is 2.33. The van der Waals surface area contributed by atoms with Gasteiger partial charge in [0.15, 0.2) is 0 Å². The molecule has 0 aromatic carbocycles. The lowest BCUT2D eigenvalue weighted by atomic mass is 9.83. The first-order valence-electron chi connectivity index (χ1n) is 5.53. The van der Waals surface area contributed by atoms with E-state index in [0.717, 1.165) is 0 Å². The number of hydrogen-bond acceptors (Lipinski definition) is 1. The summed E-state index contributed by atoms with van der Waals surface area (Å²) in [6.07, 6.45) is -23.0. The molecule has 2 atom stereocenters. The monoisotopic (exact) mass is 414 g/mol. The molecule has 16 heteroatoms. The summed E-state index contributed by atoms with van der Waals surface area (Å²) in [4.78, 5) is 0. The zero-order valence-corrected chi connectivity index (χ0v) is 11.3. The average molecular weight is 414 g/mol. The predicted octanol–water partition coefficient (Wildman–Crippen LogP) is 5.35. The Hall–Kier alpha value is -1.09. The van der Waals surface area contributed by atoms with Gasteiger partial charge in [0.2, 0.25) is 0 Å². The number of halogens is 15. The summed E-state index contributed by atoms with van der Waals surface area (Å²) in [5, 5.41) is 0. The van der Waals surface area contributed by atoms with Crippen LogP contribution in [-0.2, 0) is 4.74 Å². The van der Waals surface area contributed by atoms with Gasteiger partial charge >= 0.3 is 41.9 Å². The molecule has 0 aliphatic rings. The standard InChI is InChI=1S/C9H5F15O/c1-2-25-6(15,9(22,23)24)3(10,7(16,17)18)4(11,12)5(13,14)8(19,20)21/h2H2,1H3. The molecule has 0 rings (SSSR count). The van der Waals surface area contributed by atoms with Gasteiger partial charge in [-0.05, 0) is 6.92 Å². The Morgan fingerprint density at radius 1 is 0.520 bits per heavy atom. The van der Waals surface area contributed by atoms with Crippen LogP contribution in [0.25, 0.3) is 0 Å². The molecule has 0 bridgehead atoms. The third kappa shape index (κ3) is 3.09. The SMILES string of the molecule is CCOC(F)(C(F)(F)F)C(F)(C(F)(F)F)C(F)(F)C(F)(F)C(F)(F)F. The Labute approximate surface area is 127 Å². The summed E-state index contributed by atoms with van der Waals surface area (Å²) in [6.45, 7) is -1.75. The second-order valence-electron chi connectivity index (χ2n) is 4.33. The fourth-order valence-electron chi connectivity index (χ4n) is 1.53. The highest BCUT2D eigenvalue weighted by Gasteiger charge is 2.96. The zero-order chi connectivity index (χ0) is 20.9. The summed E-state index contributed by atoms with van der Waals surface area (Å²) in [5.41, 5.74) is -8.15. The first-order chi connectivity index (χ1) is 10.6. The van der Waals surface area contributed by atoms with Gasteiger partial charge in [0.25, 0.3) is 0 Å². The van der Waals surface area contributed by atoms with Crippen LogP contribution in [0.15, 0.2) is 0 Å². The van der Waals surface area contributed by atoms with Gasteiger partial charge in [-0.2, -0.15) is 61.5 Å². The topological polar surface area (TPSA) is 9.23 Å². The van der Waals surface area contributed by atoms with E-state index in [-0.39, 0.29) is 6.92 Å².